The molecule has 0 saturated carbocycles. The third kappa shape index (κ3) is 4.12. The van der Waals surface area contributed by atoms with Crippen LogP contribution in [0.3, 0.4) is 0 Å². The molecule has 0 atom stereocenters. The van der Waals surface area contributed by atoms with Gasteiger partial charge in [-0.25, -0.2) is 18.7 Å². The van der Waals surface area contributed by atoms with Gasteiger partial charge in [0.15, 0.2) is 0 Å². The fourth-order valence-corrected chi connectivity index (χ4v) is 4.53. The Morgan fingerprint density at radius 3 is 2.41 bits per heavy atom. The standard InChI is InChI=1S/C25H27F2N7/c1-15-8-16(12-28-2)9-21(27)23(15)18-10-19-22(11-20(18)26)31-32-24(19)17-13-29-25(30-14-17)34-6-4-33(3)5-7-34/h8-11,13-14,28H,4-7,12H2,1-3H3,(H,31,32). The molecule has 1 aliphatic heterocycles. The lowest BCUT2D eigenvalue weighted by molar-refractivity contribution is 0.311. The summed E-state index contributed by atoms with van der Waals surface area (Å²) >= 11 is 0. The maximum atomic E-state index is 15.1. The first-order chi connectivity index (χ1) is 16.4. The van der Waals surface area contributed by atoms with E-state index in [-0.39, 0.29) is 11.1 Å². The van der Waals surface area contributed by atoms with Crippen LogP contribution < -0.4 is 10.2 Å². The number of piperazine rings is 1. The Morgan fingerprint density at radius 2 is 1.74 bits per heavy atom. The Hall–Kier alpha value is -3.43. The molecule has 34 heavy (non-hydrogen) atoms. The predicted molar refractivity (Wildman–Crippen MR) is 130 cm³/mol. The van der Waals surface area contributed by atoms with Gasteiger partial charge in [0.1, 0.15) is 17.3 Å². The molecule has 0 aliphatic carbocycles. The van der Waals surface area contributed by atoms with Gasteiger partial charge in [0.2, 0.25) is 5.95 Å². The normalized spacial score (nSPS) is 14.8. The van der Waals surface area contributed by atoms with Crippen molar-refractivity contribution in [2.45, 2.75) is 13.5 Å². The van der Waals surface area contributed by atoms with Gasteiger partial charge in [0, 0.05) is 73.3 Å². The van der Waals surface area contributed by atoms with E-state index >= 15 is 8.78 Å². The zero-order valence-electron chi connectivity index (χ0n) is 19.5. The topological polar surface area (TPSA) is 73.0 Å². The average Bonchev–Trinajstić information content (AvgIpc) is 3.22. The summed E-state index contributed by atoms with van der Waals surface area (Å²) in [5.41, 5.74) is 3.79. The third-order valence-electron chi connectivity index (χ3n) is 6.35. The Bertz CT molecular complexity index is 1300. The van der Waals surface area contributed by atoms with Crippen LogP contribution >= 0.6 is 0 Å². The second kappa shape index (κ2) is 9.08. The Labute approximate surface area is 196 Å². The van der Waals surface area contributed by atoms with Crippen LogP contribution in [0.2, 0.25) is 0 Å². The molecular formula is C25H27F2N7. The van der Waals surface area contributed by atoms with Gasteiger partial charge < -0.3 is 15.1 Å². The average molecular weight is 464 g/mol. The highest BCUT2D eigenvalue weighted by molar-refractivity contribution is 5.96. The van der Waals surface area contributed by atoms with Gasteiger partial charge in [-0.3, -0.25) is 5.10 Å². The molecular weight excluding hydrogens is 436 g/mol. The van der Waals surface area contributed by atoms with E-state index in [1.165, 1.54) is 12.1 Å². The van der Waals surface area contributed by atoms with E-state index in [0.717, 1.165) is 31.7 Å². The first-order valence-electron chi connectivity index (χ1n) is 11.3. The maximum Gasteiger partial charge on any atom is 0.225 e. The van der Waals surface area contributed by atoms with Gasteiger partial charge in [0.25, 0.3) is 0 Å². The molecule has 4 aromatic rings. The number of rotatable bonds is 5. The smallest absolute Gasteiger partial charge is 0.225 e. The van der Waals surface area contributed by atoms with Crippen molar-refractivity contribution in [1.82, 2.24) is 30.4 Å². The van der Waals surface area contributed by atoms with Gasteiger partial charge in [-0.05, 0) is 44.3 Å². The number of likely N-dealkylation sites (N-methyl/N-ethyl adjacent to an activating group) is 1. The Kier molecular flexibility index (Phi) is 5.97. The highest BCUT2D eigenvalue weighted by Crippen LogP contribution is 2.35. The number of hydrogen-bond donors (Lipinski definition) is 2. The summed E-state index contributed by atoms with van der Waals surface area (Å²) in [6, 6.07) is 6.34. The summed E-state index contributed by atoms with van der Waals surface area (Å²) in [5.74, 6) is -0.274. The van der Waals surface area contributed by atoms with Gasteiger partial charge >= 0.3 is 0 Å². The zero-order valence-corrected chi connectivity index (χ0v) is 19.5. The molecule has 1 fully saturated rings. The molecule has 176 valence electrons. The first kappa shape index (κ1) is 22.4. The molecule has 0 bridgehead atoms. The Balaban J connectivity index is 1.52. The SMILES string of the molecule is CNCc1cc(C)c(-c2cc3c(-c4cnc(N5CCN(C)CC5)nc4)n[nH]c3cc2F)c(F)c1. The molecule has 5 rings (SSSR count). The number of aromatic amines is 1. The molecule has 3 heterocycles. The lowest BCUT2D eigenvalue weighted by Gasteiger charge is -2.32. The molecule has 0 radical (unpaired) electrons. The van der Waals surface area contributed by atoms with E-state index in [0.29, 0.717) is 40.2 Å². The summed E-state index contributed by atoms with van der Waals surface area (Å²) in [7, 11) is 3.90. The number of anilines is 1. The number of nitrogens with one attached hydrogen (secondary N) is 2. The molecule has 2 N–H and O–H groups in total. The summed E-state index contributed by atoms with van der Waals surface area (Å²) in [4.78, 5) is 13.5. The minimum Gasteiger partial charge on any atom is -0.338 e. The molecule has 1 saturated heterocycles. The number of aryl methyl sites for hydroxylation is 1. The molecule has 7 nitrogen and oxygen atoms in total. The van der Waals surface area contributed by atoms with E-state index < -0.39 is 11.6 Å². The number of nitrogens with zero attached hydrogens (tertiary/aromatic N) is 5. The van der Waals surface area contributed by atoms with Crippen LogP contribution in [0.15, 0.2) is 36.7 Å². The number of H-pyrrole nitrogens is 1. The maximum absolute atomic E-state index is 15.1. The number of benzene rings is 2. The van der Waals surface area contributed by atoms with Gasteiger partial charge in [-0.2, -0.15) is 5.10 Å². The van der Waals surface area contributed by atoms with Crippen molar-refractivity contribution >= 4 is 16.9 Å². The van der Waals surface area contributed by atoms with Gasteiger partial charge in [0.05, 0.1) is 5.52 Å². The van der Waals surface area contributed by atoms with E-state index in [9.17, 15) is 0 Å². The van der Waals surface area contributed by atoms with Crippen LogP contribution in [0.4, 0.5) is 14.7 Å². The van der Waals surface area contributed by atoms with E-state index in [1.807, 2.05) is 6.07 Å². The number of halogens is 2. The highest BCUT2D eigenvalue weighted by atomic mass is 19.1. The fourth-order valence-electron chi connectivity index (χ4n) is 4.53. The van der Waals surface area contributed by atoms with E-state index in [1.54, 1.807) is 32.4 Å². The third-order valence-corrected chi connectivity index (χ3v) is 6.35. The molecule has 0 unspecified atom stereocenters. The largest absolute Gasteiger partial charge is 0.338 e. The second-order valence-corrected chi connectivity index (χ2v) is 8.81. The van der Waals surface area contributed by atoms with Crippen LogP contribution in [0.25, 0.3) is 33.3 Å². The monoisotopic (exact) mass is 463 g/mol. The summed E-state index contributed by atoms with van der Waals surface area (Å²) < 4.78 is 30.1. The fraction of sp³-hybridized carbons (Fsp3) is 0.320. The zero-order chi connectivity index (χ0) is 23.8. The van der Waals surface area contributed by atoms with E-state index in [4.69, 9.17) is 0 Å². The summed E-state index contributed by atoms with van der Waals surface area (Å²) in [6.45, 7) is 6.02. The van der Waals surface area contributed by atoms with Crippen molar-refractivity contribution in [3.05, 3.63) is 59.4 Å². The van der Waals surface area contributed by atoms with E-state index in [2.05, 4.69) is 42.3 Å². The first-order valence-corrected chi connectivity index (χ1v) is 11.3. The number of hydrogen-bond acceptors (Lipinski definition) is 6. The van der Waals surface area contributed by atoms with Gasteiger partial charge in [-0.15, -0.1) is 0 Å². The van der Waals surface area contributed by atoms with Crippen LogP contribution in [0, 0.1) is 18.6 Å². The molecule has 2 aromatic heterocycles. The Morgan fingerprint density at radius 1 is 1.00 bits per heavy atom. The summed E-state index contributed by atoms with van der Waals surface area (Å²) in [6.07, 6.45) is 3.47. The lowest BCUT2D eigenvalue weighted by Crippen LogP contribution is -2.45. The lowest BCUT2D eigenvalue weighted by atomic mass is 9.95. The van der Waals surface area contributed by atoms with Crippen molar-refractivity contribution in [2.75, 3.05) is 45.2 Å². The van der Waals surface area contributed by atoms with Crippen molar-refractivity contribution in [3.8, 4) is 22.4 Å². The van der Waals surface area contributed by atoms with Crippen LogP contribution in [0.1, 0.15) is 11.1 Å². The highest BCUT2D eigenvalue weighted by Gasteiger charge is 2.20. The number of fused-ring (bicyclic) bond motifs is 1. The molecule has 0 amide bonds. The quantitative estimate of drug-likeness (QED) is 0.470. The molecule has 9 heteroatoms. The second-order valence-electron chi connectivity index (χ2n) is 8.81. The summed E-state index contributed by atoms with van der Waals surface area (Å²) in [5, 5.41) is 11.0. The molecule has 0 spiro atoms. The minimum absolute atomic E-state index is 0.205. The van der Waals surface area contributed by atoms with Crippen molar-refractivity contribution in [1.29, 1.82) is 0 Å². The van der Waals surface area contributed by atoms with Gasteiger partial charge in [-0.1, -0.05) is 6.07 Å². The number of aromatic nitrogens is 4. The minimum atomic E-state index is -0.507. The van der Waals surface area contributed by atoms with Crippen LogP contribution in [-0.4, -0.2) is 65.3 Å². The van der Waals surface area contributed by atoms with Crippen molar-refractivity contribution in [2.24, 2.45) is 0 Å². The molecule has 1 aliphatic rings. The van der Waals surface area contributed by atoms with Crippen molar-refractivity contribution in [3.63, 3.8) is 0 Å². The van der Waals surface area contributed by atoms with Crippen LogP contribution in [0.5, 0.6) is 0 Å². The molecule has 2 aromatic carbocycles. The van der Waals surface area contributed by atoms with Crippen molar-refractivity contribution < 1.29 is 8.78 Å². The van der Waals surface area contributed by atoms with Crippen LogP contribution in [-0.2, 0) is 6.54 Å². The predicted octanol–water partition coefficient (Wildman–Crippen LogP) is 3.74.